The molecule has 0 spiro atoms. The zero-order chi connectivity index (χ0) is 9.84. The van der Waals surface area contributed by atoms with Gasteiger partial charge in [-0.25, -0.2) is 4.98 Å². The van der Waals surface area contributed by atoms with Crippen molar-refractivity contribution < 1.29 is 0 Å². The number of hydrogen-bond donors (Lipinski definition) is 1. The van der Waals surface area contributed by atoms with Gasteiger partial charge >= 0.3 is 0 Å². The van der Waals surface area contributed by atoms with E-state index in [4.69, 9.17) is 34.8 Å². The molecular weight excluding hydrogens is 230 g/mol. The predicted octanol–water partition coefficient (Wildman–Crippen LogP) is 3.43. The van der Waals surface area contributed by atoms with E-state index in [1.165, 1.54) is 6.20 Å². The SMILES string of the molecule is CC(Cl)CNc1ncc(Cl)cc1Cl. The number of nitrogens with zero attached hydrogens (tertiary/aromatic N) is 1. The third kappa shape index (κ3) is 3.59. The van der Waals surface area contributed by atoms with Crippen molar-refractivity contribution in [2.75, 3.05) is 11.9 Å². The topological polar surface area (TPSA) is 24.9 Å². The second-order valence-electron chi connectivity index (χ2n) is 2.65. The van der Waals surface area contributed by atoms with E-state index >= 15 is 0 Å². The lowest BCUT2D eigenvalue weighted by molar-refractivity contribution is 0.978. The van der Waals surface area contributed by atoms with Crippen molar-refractivity contribution in [1.82, 2.24) is 4.98 Å². The fourth-order valence-electron chi connectivity index (χ4n) is 0.782. The van der Waals surface area contributed by atoms with Gasteiger partial charge in [-0.15, -0.1) is 11.6 Å². The largest absolute Gasteiger partial charge is 0.367 e. The molecule has 1 heterocycles. The highest BCUT2D eigenvalue weighted by Crippen LogP contribution is 2.22. The highest BCUT2D eigenvalue weighted by Gasteiger charge is 2.03. The maximum atomic E-state index is 5.86. The Hall–Kier alpha value is -0.180. The molecule has 0 saturated carbocycles. The van der Waals surface area contributed by atoms with Crippen LogP contribution < -0.4 is 5.32 Å². The minimum Gasteiger partial charge on any atom is -0.367 e. The number of anilines is 1. The van der Waals surface area contributed by atoms with Crippen molar-refractivity contribution in [3.8, 4) is 0 Å². The molecule has 0 fully saturated rings. The van der Waals surface area contributed by atoms with Crippen LogP contribution in [0.4, 0.5) is 5.82 Å². The van der Waals surface area contributed by atoms with Crippen LogP contribution in [-0.2, 0) is 0 Å². The standard InChI is InChI=1S/C8H9Cl3N2/c1-5(9)3-12-8-7(11)2-6(10)4-13-8/h2,4-5H,3H2,1H3,(H,12,13). The molecule has 1 N–H and O–H groups in total. The van der Waals surface area contributed by atoms with Crippen molar-refractivity contribution in [2.24, 2.45) is 0 Å². The van der Waals surface area contributed by atoms with Gasteiger partial charge in [-0.3, -0.25) is 0 Å². The Bertz CT molecular complexity index is 289. The summed E-state index contributed by atoms with van der Waals surface area (Å²) in [5.41, 5.74) is 0. The zero-order valence-corrected chi connectivity index (χ0v) is 9.29. The van der Waals surface area contributed by atoms with Gasteiger partial charge in [0.2, 0.25) is 0 Å². The summed E-state index contributed by atoms with van der Waals surface area (Å²) < 4.78 is 0. The second-order valence-corrected chi connectivity index (χ2v) is 4.23. The normalized spacial score (nSPS) is 12.6. The third-order valence-electron chi connectivity index (χ3n) is 1.36. The van der Waals surface area contributed by atoms with Crippen LogP contribution in [0, 0.1) is 0 Å². The van der Waals surface area contributed by atoms with Crippen LogP contribution in [0.25, 0.3) is 0 Å². The number of nitrogens with one attached hydrogen (secondary N) is 1. The Morgan fingerprint density at radius 1 is 1.54 bits per heavy atom. The van der Waals surface area contributed by atoms with Gasteiger partial charge in [0.1, 0.15) is 5.82 Å². The number of pyridine rings is 1. The maximum absolute atomic E-state index is 5.86. The average molecular weight is 240 g/mol. The van der Waals surface area contributed by atoms with E-state index in [0.29, 0.717) is 22.4 Å². The van der Waals surface area contributed by atoms with Crippen LogP contribution in [0.2, 0.25) is 10.0 Å². The minimum absolute atomic E-state index is 0.0357. The van der Waals surface area contributed by atoms with Gasteiger partial charge in [-0.05, 0) is 13.0 Å². The van der Waals surface area contributed by atoms with Gasteiger partial charge in [0.15, 0.2) is 0 Å². The smallest absolute Gasteiger partial charge is 0.144 e. The van der Waals surface area contributed by atoms with Crippen LogP contribution in [0.15, 0.2) is 12.3 Å². The van der Waals surface area contributed by atoms with E-state index < -0.39 is 0 Å². The number of rotatable bonds is 3. The molecule has 0 radical (unpaired) electrons. The lowest BCUT2D eigenvalue weighted by Gasteiger charge is -2.08. The van der Waals surface area contributed by atoms with Gasteiger partial charge in [-0.1, -0.05) is 23.2 Å². The molecule has 0 amide bonds. The average Bonchev–Trinajstić information content (AvgIpc) is 2.02. The molecule has 1 aromatic heterocycles. The van der Waals surface area contributed by atoms with Crippen LogP contribution in [0.1, 0.15) is 6.92 Å². The Labute approximate surface area is 92.2 Å². The van der Waals surface area contributed by atoms with E-state index in [0.717, 1.165) is 0 Å². The van der Waals surface area contributed by atoms with Crippen molar-refractivity contribution in [1.29, 1.82) is 0 Å². The van der Waals surface area contributed by atoms with Gasteiger partial charge in [-0.2, -0.15) is 0 Å². The first-order chi connectivity index (χ1) is 6.09. The molecule has 0 bridgehead atoms. The van der Waals surface area contributed by atoms with Crippen molar-refractivity contribution >= 4 is 40.6 Å². The summed E-state index contributed by atoms with van der Waals surface area (Å²) in [7, 11) is 0. The van der Waals surface area contributed by atoms with Crippen LogP contribution in [-0.4, -0.2) is 16.9 Å². The molecule has 0 saturated heterocycles. The molecule has 1 atom stereocenters. The summed E-state index contributed by atoms with van der Waals surface area (Å²) in [6.45, 7) is 2.51. The summed E-state index contributed by atoms with van der Waals surface area (Å²) in [5, 5.41) is 4.07. The summed E-state index contributed by atoms with van der Waals surface area (Å²) in [5.74, 6) is 0.610. The summed E-state index contributed by atoms with van der Waals surface area (Å²) >= 11 is 17.3. The lowest BCUT2D eigenvalue weighted by atomic mass is 10.4. The summed E-state index contributed by atoms with van der Waals surface area (Å²) in [4.78, 5) is 4.02. The van der Waals surface area contributed by atoms with E-state index in [2.05, 4.69) is 10.3 Å². The van der Waals surface area contributed by atoms with E-state index in [-0.39, 0.29) is 5.38 Å². The number of aromatic nitrogens is 1. The minimum atomic E-state index is 0.0357. The number of alkyl halides is 1. The molecule has 72 valence electrons. The van der Waals surface area contributed by atoms with Gasteiger partial charge in [0.05, 0.1) is 10.0 Å². The Morgan fingerprint density at radius 3 is 2.77 bits per heavy atom. The fraction of sp³-hybridized carbons (Fsp3) is 0.375. The Morgan fingerprint density at radius 2 is 2.23 bits per heavy atom. The number of hydrogen-bond acceptors (Lipinski definition) is 2. The summed E-state index contributed by atoms with van der Waals surface area (Å²) in [6, 6.07) is 1.64. The monoisotopic (exact) mass is 238 g/mol. The third-order valence-corrected chi connectivity index (χ3v) is 2.01. The van der Waals surface area contributed by atoms with Crippen LogP contribution in [0.3, 0.4) is 0 Å². The molecule has 1 unspecified atom stereocenters. The Balaban J connectivity index is 2.67. The highest BCUT2D eigenvalue weighted by atomic mass is 35.5. The summed E-state index contributed by atoms with van der Waals surface area (Å²) in [6.07, 6.45) is 1.54. The molecule has 1 rings (SSSR count). The quantitative estimate of drug-likeness (QED) is 0.818. The molecule has 2 nitrogen and oxygen atoms in total. The van der Waals surface area contributed by atoms with E-state index in [9.17, 15) is 0 Å². The highest BCUT2D eigenvalue weighted by molar-refractivity contribution is 6.35. The molecular formula is C8H9Cl3N2. The zero-order valence-electron chi connectivity index (χ0n) is 7.02. The van der Waals surface area contributed by atoms with Crippen LogP contribution in [0.5, 0.6) is 0 Å². The first-order valence-electron chi connectivity index (χ1n) is 3.78. The van der Waals surface area contributed by atoms with Gasteiger partial charge < -0.3 is 5.32 Å². The second kappa shape index (κ2) is 4.89. The van der Waals surface area contributed by atoms with Gasteiger partial charge in [0.25, 0.3) is 0 Å². The molecule has 5 heteroatoms. The first-order valence-corrected chi connectivity index (χ1v) is 4.98. The lowest BCUT2D eigenvalue weighted by Crippen LogP contribution is -2.11. The molecule has 0 aromatic carbocycles. The predicted molar refractivity (Wildman–Crippen MR) is 58.1 cm³/mol. The van der Waals surface area contributed by atoms with Crippen LogP contribution >= 0.6 is 34.8 Å². The molecule has 0 aliphatic rings. The van der Waals surface area contributed by atoms with Crippen molar-refractivity contribution in [3.05, 3.63) is 22.3 Å². The molecule has 0 aliphatic heterocycles. The fourth-order valence-corrected chi connectivity index (χ4v) is 1.31. The Kier molecular flexibility index (Phi) is 4.10. The van der Waals surface area contributed by atoms with Gasteiger partial charge in [0, 0.05) is 18.1 Å². The molecule has 13 heavy (non-hydrogen) atoms. The first kappa shape index (κ1) is 10.9. The van der Waals surface area contributed by atoms with Crippen molar-refractivity contribution in [2.45, 2.75) is 12.3 Å². The van der Waals surface area contributed by atoms with E-state index in [1.54, 1.807) is 6.07 Å². The molecule has 0 aliphatic carbocycles. The van der Waals surface area contributed by atoms with E-state index in [1.807, 2.05) is 6.92 Å². The number of halogens is 3. The maximum Gasteiger partial charge on any atom is 0.144 e. The molecule has 1 aromatic rings. The van der Waals surface area contributed by atoms with Crippen molar-refractivity contribution in [3.63, 3.8) is 0 Å².